The summed E-state index contributed by atoms with van der Waals surface area (Å²) in [6.45, 7) is 2.14. The Labute approximate surface area is 102 Å². The molecule has 1 aliphatic rings. The van der Waals surface area contributed by atoms with E-state index in [4.69, 9.17) is 10.00 Å². The van der Waals surface area contributed by atoms with Gasteiger partial charge in [0.15, 0.2) is 0 Å². The maximum Gasteiger partial charge on any atom is 0.103 e. The van der Waals surface area contributed by atoms with Gasteiger partial charge in [-0.05, 0) is 18.9 Å². The highest BCUT2D eigenvalue weighted by Crippen LogP contribution is 2.29. The number of hydrogen-bond donors (Lipinski definition) is 0. The minimum absolute atomic E-state index is 0.579. The monoisotopic (exact) mass is 228 g/mol. The number of allylic oxidation sites excluding steroid dienone is 1. The molecule has 3 nitrogen and oxygen atoms in total. The van der Waals surface area contributed by atoms with E-state index in [1.54, 1.807) is 7.11 Å². The highest BCUT2D eigenvalue weighted by atomic mass is 16.5. The average Bonchev–Trinajstić information content (AvgIpc) is 2.90. The summed E-state index contributed by atoms with van der Waals surface area (Å²) in [5.74, 6) is 0. The zero-order chi connectivity index (χ0) is 12.1. The van der Waals surface area contributed by atoms with E-state index < -0.39 is 0 Å². The van der Waals surface area contributed by atoms with Crippen molar-refractivity contribution in [1.29, 1.82) is 5.26 Å². The molecule has 1 heterocycles. The van der Waals surface area contributed by atoms with E-state index >= 15 is 0 Å². The average molecular weight is 228 g/mol. The van der Waals surface area contributed by atoms with Crippen molar-refractivity contribution < 1.29 is 4.74 Å². The molecule has 1 saturated heterocycles. The zero-order valence-electron chi connectivity index (χ0n) is 10.0. The van der Waals surface area contributed by atoms with Gasteiger partial charge in [0.05, 0.1) is 12.7 Å². The van der Waals surface area contributed by atoms with E-state index in [0.29, 0.717) is 5.57 Å². The molecule has 0 spiro atoms. The molecule has 0 bridgehead atoms. The summed E-state index contributed by atoms with van der Waals surface area (Å²) in [5, 5.41) is 9.16. The second-order valence-corrected chi connectivity index (χ2v) is 4.09. The minimum Gasteiger partial charge on any atom is -0.503 e. The summed E-state index contributed by atoms with van der Waals surface area (Å²) in [6, 6.07) is 10.2. The summed E-state index contributed by atoms with van der Waals surface area (Å²) < 4.78 is 4.96. The third kappa shape index (κ3) is 2.42. The fourth-order valence-corrected chi connectivity index (χ4v) is 2.20. The molecule has 0 radical (unpaired) electrons. The van der Waals surface area contributed by atoms with Gasteiger partial charge in [0.1, 0.15) is 12.3 Å². The van der Waals surface area contributed by atoms with Gasteiger partial charge in [-0.3, -0.25) is 0 Å². The second-order valence-electron chi connectivity index (χ2n) is 4.09. The van der Waals surface area contributed by atoms with Crippen molar-refractivity contribution in [3.63, 3.8) is 0 Å². The number of nitrogens with zero attached hydrogens (tertiary/aromatic N) is 2. The van der Waals surface area contributed by atoms with Crippen molar-refractivity contribution in [3.05, 3.63) is 36.1 Å². The van der Waals surface area contributed by atoms with Crippen LogP contribution in [0.3, 0.4) is 0 Å². The van der Waals surface area contributed by atoms with Crippen LogP contribution in [-0.2, 0) is 4.74 Å². The van der Waals surface area contributed by atoms with Crippen molar-refractivity contribution in [1.82, 2.24) is 0 Å². The van der Waals surface area contributed by atoms with Crippen molar-refractivity contribution in [3.8, 4) is 6.07 Å². The van der Waals surface area contributed by atoms with Gasteiger partial charge in [-0.25, -0.2) is 0 Å². The number of methoxy groups -OCH3 is 1. The summed E-state index contributed by atoms with van der Waals surface area (Å²) in [6.07, 6.45) is 3.96. The van der Waals surface area contributed by atoms with Gasteiger partial charge in [0.25, 0.3) is 0 Å². The van der Waals surface area contributed by atoms with Gasteiger partial charge in [-0.1, -0.05) is 18.2 Å². The largest absolute Gasteiger partial charge is 0.503 e. The van der Waals surface area contributed by atoms with Gasteiger partial charge in [0.2, 0.25) is 0 Å². The Morgan fingerprint density at radius 1 is 1.35 bits per heavy atom. The Bertz CT molecular complexity index is 454. The first kappa shape index (κ1) is 11.5. The lowest BCUT2D eigenvalue weighted by Gasteiger charge is -2.20. The summed E-state index contributed by atoms with van der Waals surface area (Å²) in [5.41, 5.74) is 2.67. The van der Waals surface area contributed by atoms with Gasteiger partial charge < -0.3 is 9.64 Å². The number of nitriles is 1. The molecular weight excluding hydrogens is 212 g/mol. The molecule has 2 rings (SSSR count). The Hall–Kier alpha value is -1.95. The molecule has 0 aliphatic carbocycles. The molecular formula is C14H16N2O. The van der Waals surface area contributed by atoms with Crippen LogP contribution in [0, 0.1) is 11.3 Å². The third-order valence-electron chi connectivity index (χ3n) is 3.00. The number of anilines is 1. The van der Waals surface area contributed by atoms with Crippen LogP contribution in [0.25, 0.3) is 5.57 Å². The lowest BCUT2D eigenvalue weighted by molar-refractivity contribution is 0.340. The lowest BCUT2D eigenvalue weighted by atomic mass is 10.1. The highest BCUT2D eigenvalue weighted by molar-refractivity contribution is 5.84. The van der Waals surface area contributed by atoms with Crippen molar-refractivity contribution in [2.45, 2.75) is 12.8 Å². The second kappa shape index (κ2) is 5.40. The van der Waals surface area contributed by atoms with Crippen LogP contribution in [-0.4, -0.2) is 20.2 Å². The van der Waals surface area contributed by atoms with E-state index in [9.17, 15) is 0 Å². The maximum atomic E-state index is 9.16. The lowest BCUT2D eigenvalue weighted by Crippen LogP contribution is -2.18. The molecule has 0 aromatic heterocycles. The molecule has 0 saturated carbocycles. The van der Waals surface area contributed by atoms with Crippen LogP contribution in [0.2, 0.25) is 0 Å². The topological polar surface area (TPSA) is 36.3 Å². The minimum atomic E-state index is 0.579. The van der Waals surface area contributed by atoms with E-state index in [1.807, 2.05) is 18.2 Å². The summed E-state index contributed by atoms with van der Waals surface area (Å²) >= 11 is 0. The molecule has 3 heteroatoms. The van der Waals surface area contributed by atoms with E-state index in [0.717, 1.165) is 24.3 Å². The van der Waals surface area contributed by atoms with Crippen LogP contribution >= 0.6 is 0 Å². The van der Waals surface area contributed by atoms with Crippen LogP contribution in [0.5, 0.6) is 0 Å². The van der Waals surface area contributed by atoms with Crippen LogP contribution in [0.4, 0.5) is 5.69 Å². The number of para-hydroxylation sites is 1. The third-order valence-corrected chi connectivity index (χ3v) is 3.00. The van der Waals surface area contributed by atoms with Crippen molar-refractivity contribution in [2.75, 3.05) is 25.1 Å². The molecule has 1 aliphatic heterocycles. The molecule has 1 aromatic rings. The van der Waals surface area contributed by atoms with Gasteiger partial charge >= 0.3 is 0 Å². The smallest absolute Gasteiger partial charge is 0.103 e. The maximum absolute atomic E-state index is 9.16. The normalized spacial score (nSPS) is 15.8. The van der Waals surface area contributed by atoms with E-state index in [-0.39, 0.29) is 0 Å². The van der Waals surface area contributed by atoms with Crippen LogP contribution < -0.4 is 4.90 Å². The quantitative estimate of drug-likeness (QED) is 0.589. The fraction of sp³-hybridized carbons (Fsp3) is 0.357. The Balaban J connectivity index is 2.39. The number of rotatable bonds is 3. The van der Waals surface area contributed by atoms with Crippen LogP contribution in [0.15, 0.2) is 30.5 Å². The predicted molar refractivity (Wildman–Crippen MR) is 68.5 cm³/mol. The molecule has 17 heavy (non-hydrogen) atoms. The Morgan fingerprint density at radius 3 is 2.71 bits per heavy atom. The number of hydrogen-bond acceptors (Lipinski definition) is 3. The van der Waals surface area contributed by atoms with E-state index in [1.165, 1.54) is 19.1 Å². The molecule has 0 amide bonds. The molecule has 88 valence electrons. The van der Waals surface area contributed by atoms with Gasteiger partial charge in [-0.2, -0.15) is 5.26 Å². The van der Waals surface area contributed by atoms with Crippen molar-refractivity contribution >= 4 is 11.3 Å². The molecule has 0 unspecified atom stereocenters. The first-order valence-electron chi connectivity index (χ1n) is 5.84. The molecule has 1 fully saturated rings. The molecule has 1 aromatic carbocycles. The highest BCUT2D eigenvalue weighted by Gasteiger charge is 2.17. The molecule has 0 N–H and O–H groups in total. The predicted octanol–water partition coefficient (Wildman–Crippen LogP) is 2.80. The Morgan fingerprint density at radius 2 is 2.06 bits per heavy atom. The summed E-state index contributed by atoms with van der Waals surface area (Å²) in [7, 11) is 1.57. The SMILES string of the molecule is CO/C=C(\C#N)c1ccccc1N1CCCC1. The fourth-order valence-electron chi connectivity index (χ4n) is 2.20. The number of benzene rings is 1. The zero-order valence-corrected chi connectivity index (χ0v) is 10.0. The first-order chi connectivity index (χ1) is 8.36. The molecule has 0 atom stereocenters. The summed E-state index contributed by atoms with van der Waals surface area (Å²) in [4.78, 5) is 2.33. The van der Waals surface area contributed by atoms with E-state index in [2.05, 4.69) is 17.0 Å². The van der Waals surface area contributed by atoms with Gasteiger partial charge in [-0.15, -0.1) is 0 Å². The Kier molecular flexibility index (Phi) is 3.66. The first-order valence-corrected chi connectivity index (χ1v) is 5.84. The van der Waals surface area contributed by atoms with Gasteiger partial charge in [0, 0.05) is 24.3 Å². The van der Waals surface area contributed by atoms with Crippen LogP contribution in [0.1, 0.15) is 18.4 Å². The standard InChI is InChI=1S/C14H16N2O/c1-17-11-12(10-15)13-6-2-3-7-14(13)16-8-4-5-9-16/h2-3,6-7,11H,4-5,8-9H2,1H3/b12-11+. The number of ether oxygens (including phenoxy) is 1. The van der Waals surface area contributed by atoms with Crippen molar-refractivity contribution in [2.24, 2.45) is 0 Å².